The van der Waals surface area contributed by atoms with Crippen molar-refractivity contribution in [3.8, 4) is 5.75 Å². The molecule has 21 heavy (non-hydrogen) atoms. The van der Waals surface area contributed by atoms with Crippen molar-refractivity contribution < 1.29 is 18.3 Å². The topological polar surface area (TPSA) is 66.8 Å². The van der Waals surface area contributed by atoms with Crippen LogP contribution in [0, 0.1) is 0 Å². The fraction of sp³-hybridized carbons (Fsp3) is 0.571. The van der Waals surface area contributed by atoms with E-state index in [4.69, 9.17) is 9.84 Å². The predicted molar refractivity (Wildman–Crippen MR) is 84.3 cm³/mol. The van der Waals surface area contributed by atoms with Gasteiger partial charge in [0.2, 0.25) is 10.0 Å². The summed E-state index contributed by atoms with van der Waals surface area (Å²) in [5.74, 6) is 1.40. The lowest BCUT2D eigenvalue weighted by molar-refractivity contribution is 0.201. The maximum absolute atomic E-state index is 12.6. The predicted octanol–water partition coefficient (Wildman–Crippen LogP) is 1.57. The van der Waals surface area contributed by atoms with Crippen LogP contribution in [-0.2, 0) is 10.0 Å². The molecule has 0 aromatic heterocycles. The van der Waals surface area contributed by atoms with Gasteiger partial charge in [-0.05, 0) is 30.7 Å². The van der Waals surface area contributed by atoms with Crippen LogP contribution in [0.5, 0.6) is 5.75 Å². The second kappa shape index (κ2) is 7.49. The van der Waals surface area contributed by atoms with E-state index in [1.54, 1.807) is 28.6 Å². The highest BCUT2D eigenvalue weighted by atomic mass is 32.2. The summed E-state index contributed by atoms with van der Waals surface area (Å²) in [4.78, 5) is 0.292. The van der Waals surface area contributed by atoms with E-state index in [1.165, 1.54) is 0 Å². The molecule has 0 aliphatic carbocycles. The van der Waals surface area contributed by atoms with Crippen LogP contribution in [0.3, 0.4) is 0 Å². The Morgan fingerprint density at radius 2 is 2.10 bits per heavy atom. The van der Waals surface area contributed by atoms with Crippen LogP contribution in [0.25, 0.3) is 0 Å². The van der Waals surface area contributed by atoms with E-state index in [0.29, 0.717) is 29.0 Å². The molecule has 1 saturated heterocycles. The molecule has 1 atom stereocenters. The van der Waals surface area contributed by atoms with Gasteiger partial charge in [0.25, 0.3) is 0 Å². The maximum atomic E-state index is 12.6. The van der Waals surface area contributed by atoms with Crippen molar-refractivity contribution in [2.24, 2.45) is 0 Å². The Balaban J connectivity index is 2.11. The number of benzene rings is 1. The number of nitrogens with zero attached hydrogens (tertiary/aromatic N) is 1. The van der Waals surface area contributed by atoms with Gasteiger partial charge in [0.1, 0.15) is 12.4 Å². The molecule has 0 radical (unpaired) electrons. The molecular formula is C14H21NO4S2. The van der Waals surface area contributed by atoms with Crippen LogP contribution >= 0.6 is 11.8 Å². The molecule has 1 N–H and O–H groups in total. The molecule has 1 heterocycles. The van der Waals surface area contributed by atoms with Gasteiger partial charge in [0.15, 0.2) is 0 Å². The van der Waals surface area contributed by atoms with Crippen LogP contribution < -0.4 is 4.74 Å². The summed E-state index contributed by atoms with van der Waals surface area (Å²) in [6.45, 7) is 3.36. The number of hydrogen-bond donors (Lipinski definition) is 1. The zero-order valence-electron chi connectivity index (χ0n) is 12.1. The Bertz CT molecular complexity index is 545. The molecule has 1 aromatic rings. The lowest BCUT2D eigenvalue weighted by Gasteiger charge is -2.31. The second-order valence-electron chi connectivity index (χ2n) is 4.81. The molecule has 0 amide bonds. The monoisotopic (exact) mass is 331 g/mol. The summed E-state index contributed by atoms with van der Waals surface area (Å²) in [6, 6.07) is 6.37. The van der Waals surface area contributed by atoms with Crippen molar-refractivity contribution >= 4 is 21.8 Å². The molecule has 1 aliphatic rings. The quantitative estimate of drug-likeness (QED) is 0.857. The van der Waals surface area contributed by atoms with Gasteiger partial charge in [0.05, 0.1) is 11.5 Å². The standard InChI is InChI=1S/C14H21NO4S2/c1-2-13-11-15(7-10-20-13)21(17,18)14-5-3-12(4-6-14)19-9-8-16/h3-6,13,16H,2,7-11H2,1H3. The molecule has 5 nitrogen and oxygen atoms in total. The molecular weight excluding hydrogens is 310 g/mol. The first-order valence-electron chi connectivity index (χ1n) is 7.03. The van der Waals surface area contributed by atoms with E-state index in [0.717, 1.165) is 12.2 Å². The number of aliphatic hydroxyl groups excluding tert-OH is 1. The van der Waals surface area contributed by atoms with E-state index in [9.17, 15) is 8.42 Å². The van der Waals surface area contributed by atoms with Crippen molar-refractivity contribution in [1.29, 1.82) is 0 Å². The van der Waals surface area contributed by atoms with E-state index in [-0.39, 0.29) is 13.2 Å². The summed E-state index contributed by atoms with van der Waals surface area (Å²) in [5, 5.41) is 9.08. The van der Waals surface area contributed by atoms with E-state index < -0.39 is 10.0 Å². The number of sulfonamides is 1. The molecule has 0 bridgehead atoms. The van der Waals surface area contributed by atoms with Gasteiger partial charge in [-0.1, -0.05) is 6.92 Å². The number of rotatable bonds is 6. The summed E-state index contributed by atoms with van der Waals surface area (Å²) in [5.41, 5.74) is 0. The second-order valence-corrected chi connectivity index (χ2v) is 8.15. The van der Waals surface area contributed by atoms with Crippen LogP contribution in [0.15, 0.2) is 29.2 Å². The van der Waals surface area contributed by atoms with Gasteiger partial charge in [-0.2, -0.15) is 16.1 Å². The van der Waals surface area contributed by atoms with Gasteiger partial charge in [-0.3, -0.25) is 0 Å². The largest absolute Gasteiger partial charge is 0.491 e. The zero-order valence-corrected chi connectivity index (χ0v) is 13.7. The Morgan fingerprint density at radius 1 is 1.38 bits per heavy atom. The Hall–Kier alpha value is -0.760. The van der Waals surface area contributed by atoms with Gasteiger partial charge in [0, 0.05) is 24.1 Å². The summed E-state index contributed by atoms with van der Waals surface area (Å²) < 4.78 is 32.0. The fourth-order valence-corrected chi connectivity index (χ4v) is 5.05. The Morgan fingerprint density at radius 3 is 2.71 bits per heavy atom. The third-order valence-electron chi connectivity index (χ3n) is 3.38. The third kappa shape index (κ3) is 4.12. The first-order valence-corrected chi connectivity index (χ1v) is 9.52. The minimum atomic E-state index is -3.43. The SMILES string of the molecule is CCC1CN(S(=O)(=O)c2ccc(OCCO)cc2)CCS1. The fourth-order valence-electron chi connectivity index (χ4n) is 2.18. The molecule has 0 spiro atoms. The first kappa shape index (κ1) is 16.6. The van der Waals surface area contributed by atoms with Crippen LogP contribution in [0.2, 0.25) is 0 Å². The number of aliphatic hydroxyl groups is 1. The molecule has 1 aliphatic heterocycles. The Kier molecular flexibility index (Phi) is 5.92. The molecule has 1 fully saturated rings. The summed E-state index contributed by atoms with van der Waals surface area (Å²) in [6.07, 6.45) is 0.977. The van der Waals surface area contributed by atoms with Crippen LogP contribution in [0.4, 0.5) is 0 Å². The number of hydrogen-bond acceptors (Lipinski definition) is 5. The van der Waals surface area contributed by atoms with Crippen molar-refractivity contribution in [1.82, 2.24) is 4.31 Å². The first-order chi connectivity index (χ1) is 10.1. The zero-order chi connectivity index (χ0) is 15.3. The highest BCUT2D eigenvalue weighted by Gasteiger charge is 2.29. The lowest BCUT2D eigenvalue weighted by atomic mass is 10.3. The van der Waals surface area contributed by atoms with Gasteiger partial charge in [-0.15, -0.1) is 0 Å². The summed E-state index contributed by atoms with van der Waals surface area (Å²) in [7, 11) is -3.43. The number of ether oxygens (including phenoxy) is 1. The van der Waals surface area contributed by atoms with Gasteiger partial charge in [-0.25, -0.2) is 8.42 Å². The minimum absolute atomic E-state index is 0.0656. The van der Waals surface area contributed by atoms with Crippen molar-refractivity contribution in [2.75, 3.05) is 32.1 Å². The van der Waals surface area contributed by atoms with Crippen LogP contribution in [0.1, 0.15) is 13.3 Å². The van der Waals surface area contributed by atoms with Crippen molar-refractivity contribution in [2.45, 2.75) is 23.5 Å². The molecule has 7 heteroatoms. The smallest absolute Gasteiger partial charge is 0.243 e. The maximum Gasteiger partial charge on any atom is 0.243 e. The average Bonchev–Trinajstić information content (AvgIpc) is 2.53. The molecule has 1 unspecified atom stereocenters. The molecule has 2 rings (SSSR count). The summed E-state index contributed by atoms with van der Waals surface area (Å²) >= 11 is 1.84. The highest BCUT2D eigenvalue weighted by Crippen LogP contribution is 2.26. The van der Waals surface area contributed by atoms with Crippen molar-refractivity contribution in [3.05, 3.63) is 24.3 Å². The van der Waals surface area contributed by atoms with E-state index >= 15 is 0 Å². The van der Waals surface area contributed by atoms with E-state index in [1.807, 2.05) is 11.8 Å². The highest BCUT2D eigenvalue weighted by molar-refractivity contribution is 8.00. The molecule has 0 saturated carbocycles. The molecule has 118 valence electrons. The average molecular weight is 331 g/mol. The number of thioether (sulfide) groups is 1. The normalized spacial score (nSPS) is 20.4. The Labute approximate surface area is 130 Å². The lowest BCUT2D eigenvalue weighted by Crippen LogP contribution is -2.41. The van der Waals surface area contributed by atoms with Gasteiger partial charge < -0.3 is 9.84 Å². The minimum Gasteiger partial charge on any atom is -0.491 e. The third-order valence-corrected chi connectivity index (χ3v) is 6.63. The van der Waals surface area contributed by atoms with Crippen LogP contribution in [-0.4, -0.2) is 55.1 Å². The van der Waals surface area contributed by atoms with Crippen molar-refractivity contribution in [3.63, 3.8) is 0 Å². The van der Waals surface area contributed by atoms with Gasteiger partial charge >= 0.3 is 0 Å². The van der Waals surface area contributed by atoms with E-state index in [2.05, 4.69) is 6.92 Å². The molecule has 1 aromatic carbocycles.